The summed E-state index contributed by atoms with van der Waals surface area (Å²) in [6, 6.07) is 6.33. The van der Waals surface area contributed by atoms with E-state index < -0.39 is 6.29 Å². The van der Waals surface area contributed by atoms with E-state index in [4.69, 9.17) is 14.3 Å². The fraction of sp³-hybridized carbons (Fsp3) is 0.391. The number of amides is 1. The van der Waals surface area contributed by atoms with Gasteiger partial charge in [-0.05, 0) is 61.3 Å². The fourth-order valence-corrected chi connectivity index (χ4v) is 4.13. The van der Waals surface area contributed by atoms with Crippen molar-refractivity contribution in [2.75, 3.05) is 32.6 Å². The number of methoxy groups -OCH3 is 1. The Kier molecular flexibility index (Phi) is 5.93. The van der Waals surface area contributed by atoms with E-state index in [0.29, 0.717) is 30.0 Å². The first-order valence-corrected chi connectivity index (χ1v) is 10.3. The van der Waals surface area contributed by atoms with Crippen LogP contribution in [-0.4, -0.2) is 50.1 Å². The van der Waals surface area contributed by atoms with Gasteiger partial charge in [0, 0.05) is 37.7 Å². The number of nitrogens with one attached hydrogen (secondary N) is 1. The van der Waals surface area contributed by atoms with Gasteiger partial charge in [-0.25, -0.2) is 4.39 Å². The molecule has 0 saturated heterocycles. The van der Waals surface area contributed by atoms with Crippen LogP contribution in [0.15, 0.2) is 29.4 Å². The Balaban J connectivity index is 1.89. The topological polar surface area (TPSA) is 72.4 Å². The van der Waals surface area contributed by atoms with E-state index in [1.54, 1.807) is 20.1 Å². The number of hydrogen-bond donors (Lipinski definition) is 1. The Hall–Kier alpha value is -2.97. The number of ether oxygens (including phenoxy) is 2. The average Bonchev–Trinajstić information content (AvgIpc) is 3.07. The molecule has 0 saturated carbocycles. The summed E-state index contributed by atoms with van der Waals surface area (Å²) in [5, 5.41) is 7.04. The van der Waals surface area contributed by atoms with E-state index in [2.05, 4.69) is 15.4 Å². The number of anilines is 1. The number of rotatable bonds is 6. The van der Waals surface area contributed by atoms with Gasteiger partial charge in [-0.15, -0.1) is 0 Å². The van der Waals surface area contributed by atoms with Crippen LogP contribution in [0.5, 0.6) is 5.75 Å². The van der Waals surface area contributed by atoms with Crippen molar-refractivity contribution < 1.29 is 23.5 Å². The molecule has 7 nitrogen and oxygen atoms in total. The number of benzene rings is 2. The third kappa shape index (κ3) is 4.00. The minimum atomic E-state index is -0.583. The zero-order chi connectivity index (χ0) is 22.1. The lowest BCUT2D eigenvalue weighted by molar-refractivity contribution is -0.127. The minimum Gasteiger partial charge on any atom is -0.496 e. The van der Waals surface area contributed by atoms with Gasteiger partial charge in [0.05, 0.1) is 12.8 Å². The molecule has 0 fully saturated rings. The molecule has 1 amide bonds. The molecule has 1 N–H and O–H groups in total. The van der Waals surface area contributed by atoms with Crippen LogP contribution in [-0.2, 0) is 27.3 Å². The first kappa shape index (κ1) is 21.3. The van der Waals surface area contributed by atoms with Gasteiger partial charge < -0.3 is 24.5 Å². The summed E-state index contributed by atoms with van der Waals surface area (Å²) in [4.78, 5) is 20.3. The van der Waals surface area contributed by atoms with Crippen molar-refractivity contribution in [3.63, 3.8) is 0 Å². The molecule has 8 heteroatoms. The molecule has 2 aromatic rings. The smallest absolute Gasteiger partial charge is 0.278 e. The predicted molar refractivity (Wildman–Crippen MR) is 116 cm³/mol. The SMILES string of the molecule is CCOC(C)ON=C1C(=O)Nc2c1cc(-c1cc(F)ccc1OC)c1c2CN(C)CC1. The summed E-state index contributed by atoms with van der Waals surface area (Å²) >= 11 is 0. The summed E-state index contributed by atoms with van der Waals surface area (Å²) < 4.78 is 25.0. The van der Waals surface area contributed by atoms with Gasteiger partial charge in [0.25, 0.3) is 5.91 Å². The highest BCUT2D eigenvalue weighted by atomic mass is 19.1. The Labute approximate surface area is 180 Å². The predicted octanol–water partition coefficient (Wildman–Crippen LogP) is 3.54. The molecule has 0 spiro atoms. The Morgan fingerprint density at radius 3 is 2.77 bits per heavy atom. The Morgan fingerprint density at radius 1 is 1.23 bits per heavy atom. The molecule has 0 aromatic heterocycles. The van der Waals surface area contributed by atoms with Crippen LogP contribution in [0.25, 0.3) is 11.1 Å². The molecule has 0 radical (unpaired) electrons. The zero-order valence-corrected chi connectivity index (χ0v) is 18.1. The van der Waals surface area contributed by atoms with Gasteiger partial charge in [-0.3, -0.25) is 4.79 Å². The monoisotopic (exact) mass is 427 g/mol. The van der Waals surface area contributed by atoms with Crippen molar-refractivity contribution in [2.45, 2.75) is 33.1 Å². The highest BCUT2D eigenvalue weighted by molar-refractivity contribution is 6.54. The van der Waals surface area contributed by atoms with Crippen LogP contribution in [0.4, 0.5) is 10.1 Å². The number of oxime groups is 1. The number of nitrogens with zero attached hydrogens (tertiary/aromatic N) is 2. The number of carbonyl (C=O) groups excluding carboxylic acids is 1. The average molecular weight is 427 g/mol. The normalized spacial score (nSPS) is 17.8. The molecule has 1 unspecified atom stereocenters. The number of fused-ring (bicyclic) bond motifs is 3. The fourth-order valence-electron chi connectivity index (χ4n) is 4.13. The van der Waals surface area contributed by atoms with Crippen molar-refractivity contribution in [3.8, 4) is 16.9 Å². The lowest BCUT2D eigenvalue weighted by Gasteiger charge is -2.29. The lowest BCUT2D eigenvalue weighted by Crippen LogP contribution is -2.28. The molecule has 1 atom stereocenters. The first-order valence-electron chi connectivity index (χ1n) is 10.3. The van der Waals surface area contributed by atoms with Crippen LogP contribution >= 0.6 is 0 Å². The zero-order valence-electron chi connectivity index (χ0n) is 18.1. The molecule has 2 aromatic carbocycles. The van der Waals surface area contributed by atoms with Crippen LogP contribution in [0.2, 0.25) is 0 Å². The minimum absolute atomic E-state index is 0.175. The summed E-state index contributed by atoms with van der Waals surface area (Å²) in [5.41, 5.74) is 5.10. The van der Waals surface area contributed by atoms with E-state index in [9.17, 15) is 9.18 Å². The van der Waals surface area contributed by atoms with Crippen LogP contribution in [0.3, 0.4) is 0 Å². The molecule has 2 aliphatic rings. The van der Waals surface area contributed by atoms with Gasteiger partial charge in [-0.1, -0.05) is 5.16 Å². The molecule has 0 bridgehead atoms. The molecular weight excluding hydrogens is 401 g/mol. The second-order valence-corrected chi connectivity index (χ2v) is 7.66. The first-order chi connectivity index (χ1) is 14.9. The van der Waals surface area contributed by atoms with Crippen molar-refractivity contribution >= 4 is 17.3 Å². The highest BCUT2D eigenvalue weighted by Gasteiger charge is 2.34. The maximum absolute atomic E-state index is 14.2. The van der Waals surface area contributed by atoms with Crippen molar-refractivity contribution in [1.82, 2.24) is 4.90 Å². The quantitative estimate of drug-likeness (QED) is 0.564. The standard InChI is InChI=1S/C23H26FN3O4/c1-5-30-13(2)31-26-22-18-11-16(17-10-14(24)6-7-20(17)29-4)15-8-9-27(3)12-19(15)21(18)25-23(22)28/h6-7,10-11,13H,5,8-9,12H2,1-4H3,(H,25,26,28). The molecule has 31 heavy (non-hydrogen) atoms. The maximum Gasteiger partial charge on any atom is 0.278 e. The molecule has 0 aliphatic carbocycles. The third-order valence-corrected chi connectivity index (χ3v) is 5.57. The number of likely N-dealkylation sites (N-methyl/N-ethyl adjacent to an activating group) is 1. The summed E-state index contributed by atoms with van der Waals surface area (Å²) in [6.07, 6.45) is 0.190. The maximum atomic E-state index is 14.2. The largest absolute Gasteiger partial charge is 0.496 e. The molecule has 2 heterocycles. The second-order valence-electron chi connectivity index (χ2n) is 7.66. The molecule has 164 valence electrons. The van der Waals surface area contributed by atoms with Gasteiger partial charge in [0.15, 0.2) is 5.71 Å². The molecular formula is C23H26FN3O4. The van der Waals surface area contributed by atoms with Crippen molar-refractivity contribution in [2.24, 2.45) is 5.16 Å². The number of carbonyl (C=O) groups is 1. The lowest BCUT2D eigenvalue weighted by atomic mass is 9.87. The number of halogens is 1. The van der Waals surface area contributed by atoms with Crippen LogP contribution in [0.1, 0.15) is 30.5 Å². The van der Waals surface area contributed by atoms with Crippen LogP contribution in [0, 0.1) is 5.82 Å². The summed E-state index contributed by atoms with van der Waals surface area (Å²) in [7, 11) is 3.59. The highest BCUT2D eigenvalue weighted by Crippen LogP contribution is 2.42. The number of hydrogen-bond acceptors (Lipinski definition) is 6. The van der Waals surface area contributed by atoms with E-state index in [1.165, 1.54) is 12.1 Å². The van der Waals surface area contributed by atoms with E-state index in [-0.39, 0.29) is 17.4 Å². The van der Waals surface area contributed by atoms with E-state index in [1.807, 2.05) is 20.0 Å². The Bertz CT molecular complexity index is 1050. The van der Waals surface area contributed by atoms with Gasteiger partial charge in [0.2, 0.25) is 6.29 Å². The van der Waals surface area contributed by atoms with Crippen molar-refractivity contribution in [3.05, 3.63) is 46.8 Å². The third-order valence-electron chi connectivity index (χ3n) is 5.57. The summed E-state index contributed by atoms with van der Waals surface area (Å²) in [6.45, 7) is 5.56. The molecule has 4 rings (SSSR count). The Morgan fingerprint density at radius 2 is 2.03 bits per heavy atom. The van der Waals surface area contributed by atoms with Gasteiger partial charge >= 0.3 is 0 Å². The van der Waals surface area contributed by atoms with Gasteiger partial charge in [-0.2, -0.15) is 0 Å². The summed E-state index contributed by atoms with van der Waals surface area (Å²) in [5.74, 6) is -0.119. The van der Waals surface area contributed by atoms with Crippen LogP contribution < -0.4 is 10.1 Å². The van der Waals surface area contributed by atoms with E-state index >= 15 is 0 Å². The molecule has 2 aliphatic heterocycles. The second kappa shape index (κ2) is 8.64. The van der Waals surface area contributed by atoms with E-state index in [0.717, 1.165) is 35.3 Å². The van der Waals surface area contributed by atoms with Gasteiger partial charge in [0.1, 0.15) is 11.6 Å². The van der Waals surface area contributed by atoms with Crippen molar-refractivity contribution in [1.29, 1.82) is 0 Å².